The molecule has 30 heavy (non-hydrogen) atoms. The second-order valence-electron chi connectivity index (χ2n) is 7.60. The molecule has 0 spiro atoms. The number of phenolic OH excluding ortho intramolecular Hbond substituents is 1. The number of nitrogens with zero attached hydrogens (tertiary/aromatic N) is 1. The maximum Gasteiger partial charge on any atom is 0.241 e. The molecule has 1 heterocycles. The molecule has 3 aromatic carbocycles. The van der Waals surface area contributed by atoms with Crippen molar-refractivity contribution in [2.24, 2.45) is 0 Å². The lowest BCUT2D eigenvalue weighted by Crippen LogP contribution is -2.44. The summed E-state index contributed by atoms with van der Waals surface area (Å²) in [6.07, 6.45) is 3.06. The van der Waals surface area contributed by atoms with Crippen molar-refractivity contribution in [2.45, 2.75) is 19.4 Å². The van der Waals surface area contributed by atoms with Crippen LogP contribution in [0.4, 0.5) is 5.69 Å². The van der Waals surface area contributed by atoms with Crippen LogP contribution in [0.25, 0.3) is 16.7 Å². The molecule has 4 nitrogen and oxygen atoms in total. The van der Waals surface area contributed by atoms with E-state index in [9.17, 15) is 9.90 Å². The fourth-order valence-electron chi connectivity index (χ4n) is 3.84. The Hall–Kier alpha value is -3.37. The number of phenols is 1. The lowest BCUT2D eigenvalue weighted by atomic mass is 9.98. The number of nitrogens with one attached hydrogen (secondary N) is 1. The average molecular weight is 399 g/mol. The minimum absolute atomic E-state index is 0.000125. The molecule has 0 radical (unpaired) electrons. The Balaban J connectivity index is 1.44. The fraction of sp³-hybridized carbons (Fsp3) is 0.192. The van der Waals surface area contributed by atoms with Crippen LogP contribution in [0.2, 0.25) is 0 Å². The first-order valence-corrected chi connectivity index (χ1v) is 10.3. The van der Waals surface area contributed by atoms with Gasteiger partial charge in [0.1, 0.15) is 5.75 Å². The van der Waals surface area contributed by atoms with Crippen LogP contribution < -0.4 is 5.32 Å². The zero-order chi connectivity index (χ0) is 20.9. The quantitative estimate of drug-likeness (QED) is 0.623. The molecule has 0 unspecified atom stereocenters. The van der Waals surface area contributed by atoms with Crippen LogP contribution in [-0.2, 0) is 4.79 Å². The number of rotatable bonds is 5. The van der Waals surface area contributed by atoms with Gasteiger partial charge in [-0.15, -0.1) is 0 Å². The van der Waals surface area contributed by atoms with Crippen molar-refractivity contribution in [2.75, 3.05) is 18.4 Å². The third-order valence-corrected chi connectivity index (χ3v) is 5.68. The Morgan fingerprint density at radius 3 is 2.33 bits per heavy atom. The summed E-state index contributed by atoms with van der Waals surface area (Å²) in [6, 6.07) is 25.1. The number of amides is 1. The van der Waals surface area contributed by atoms with Crippen LogP contribution in [0.1, 0.15) is 18.9 Å². The van der Waals surface area contributed by atoms with Crippen molar-refractivity contribution in [3.05, 3.63) is 90.5 Å². The van der Waals surface area contributed by atoms with Gasteiger partial charge in [-0.05, 0) is 48.2 Å². The average Bonchev–Trinajstić information content (AvgIpc) is 2.80. The van der Waals surface area contributed by atoms with E-state index < -0.39 is 0 Å². The van der Waals surface area contributed by atoms with E-state index in [1.807, 2.05) is 61.5 Å². The van der Waals surface area contributed by atoms with Crippen LogP contribution in [0.5, 0.6) is 5.75 Å². The van der Waals surface area contributed by atoms with Gasteiger partial charge < -0.3 is 10.4 Å². The van der Waals surface area contributed by atoms with Crippen molar-refractivity contribution in [1.29, 1.82) is 0 Å². The van der Waals surface area contributed by atoms with Gasteiger partial charge in [-0.1, -0.05) is 66.7 Å². The van der Waals surface area contributed by atoms with Gasteiger partial charge >= 0.3 is 0 Å². The smallest absolute Gasteiger partial charge is 0.241 e. The molecule has 1 aliphatic heterocycles. The van der Waals surface area contributed by atoms with E-state index in [1.165, 1.54) is 5.57 Å². The maximum atomic E-state index is 13.0. The van der Waals surface area contributed by atoms with E-state index in [4.69, 9.17) is 0 Å². The molecular formula is C26H26N2O2. The fourth-order valence-corrected chi connectivity index (χ4v) is 3.84. The summed E-state index contributed by atoms with van der Waals surface area (Å²) in [5.41, 5.74) is 5.32. The molecule has 0 fully saturated rings. The first-order valence-electron chi connectivity index (χ1n) is 10.3. The van der Waals surface area contributed by atoms with E-state index in [-0.39, 0.29) is 17.7 Å². The molecule has 0 bridgehead atoms. The van der Waals surface area contributed by atoms with E-state index >= 15 is 0 Å². The van der Waals surface area contributed by atoms with Gasteiger partial charge in [0.05, 0.1) is 6.04 Å². The monoisotopic (exact) mass is 398 g/mol. The van der Waals surface area contributed by atoms with Crippen LogP contribution in [0.3, 0.4) is 0 Å². The van der Waals surface area contributed by atoms with Crippen molar-refractivity contribution < 1.29 is 9.90 Å². The van der Waals surface area contributed by atoms with Gasteiger partial charge in [-0.3, -0.25) is 9.69 Å². The molecule has 1 amide bonds. The number of benzene rings is 3. The van der Waals surface area contributed by atoms with Crippen molar-refractivity contribution in [3.8, 4) is 16.9 Å². The number of anilines is 1. The Morgan fingerprint density at radius 2 is 1.63 bits per heavy atom. The summed E-state index contributed by atoms with van der Waals surface area (Å²) >= 11 is 0. The van der Waals surface area contributed by atoms with Crippen LogP contribution in [-0.4, -0.2) is 35.0 Å². The largest absolute Gasteiger partial charge is 0.508 e. The molecular weight excluding hydrogens is 372 g/mol. The first kappa shape index (κ1) is 19.9. The number of aromatic hydroxyl groups is 1. The van der Waals surface area contributed by atoms with Crippen LogP contribution in [0.15, 0.2) is 84.9 Å². The van der Waals surface area contributed by atoms with Crippen molar-refractivity contribution >= 4 is 17.2 Å². The minimum Gasteiger partial charge on any atom is -0.508 e. The zero-order valence-electron chi connectivity index (χ0n) is 17.1. The summed E-state index contributed by atoms with van der Waals surface area (Å²) in [5.74, 6) is 0.276. The molecule has 4 rings (SSSR count). The molecule has 1 aliphatic rings. The number of carbonyl (C=O) groups is 1. The van der Waals surface area contributed by atoms with Gasteiger partial charge in [0.15, 0.2) is 0 Å². The number of para-hydroxylation sites is 1. The van der Waals surface area contributed by atoms with Gasteiger partial charge in [0, 0.05) is 24.3 Å². The lowest BCUT2D eigenvalue weighted by Gasteiger charge is -2.31. The first-order chi connectivity index (χ1) is 14.6. The highest BCUT2D eigenvalue weighted by Gasteiger charge is 2.24. The summed E-state index contributed by atoms with van der Waals surface area (Å²) in [5, 5.41) is 12.6. The standard InChI is InChI=1S/C26H26N2O2/c1-19(28-17-15-21(16-18-28)20-11-13-23(29)14-12-20)26(30)27-25-10-6-5-9-24(25)22-7-3-2-4-8-22/h2-15,19,29H,16-18H2,1H3,(H,27,30)/t19-/m1/s1. The summed E-state index contributed by atoms with van der Waals surface area (Å²) in [6.45, 7) is 3.51. The molecule has 2 N–H and O–H groups in total. The molecule has 152 valence electrons. The van der Waals surface area contributed by atoms with Crippen LogP contribution >= 0.6 is 0 Å². The Labute approximate surface area is 177 Å². The highest BCUT2D eigenvalue weighted by molar-refractivity contribution is 5.98. The van der Waals surface area contributed by atoms with Gasteiger partial charge in [-0.25, -0.2) is 0 Å². The molecule has 4 heteroatoms. The van der Waals surface area contributed by atoms with E-state index in [0.29, 0.717) is 0 Å². The Bertz CT molecular complexity index is 1040. The normalized spacial score (nSPS) is 15.3. The second-order valence-corrected chi connectivity index (χ2v) is 7.60. The SMILES string of the molecule is C[C@H](C(=O)Nc1ccccc1-c1ccccc1)N1CC=C(c2ccc(O)cc2)CC1. The third kappa shape index (κ3) is 4.44. The third-order valence-electron chi connectivity index (χ3n) is 5.68. The highest BCUT2D eigenvalue weighted by Crippen LogP contribution is 2.28. The molecule has 0 saturated carbocycles. The lowest BCUT2D eigenvalue weighted by molar-refractivity contribution is -0.120. The predicted molar refractivity (Wildman–Crippen MR) is 122 cm³/mol. The van der Waals surface area contributed by atoms with Gasteiger partial charge in [0.2, 0.25) is 5.91 Å². The van der Waals surface area contributed by atoms with E-state index in [1.54, 1.807) is 12.1 Å². The summed E-state index contributed by atoms with van der Waals surface area (Å²) < 4.78 is 0. The number of hydrogen-bond acceptors (Lipinski definition) is 3. The Kier molecular flexibility index (Phi) is 5.96. The number of carbonyl (C=O) groups excluding carboxylic acids is 1. The van der Waals surface area contributed by atoms with Gasteiger partial charge in [0.25, 0.3) is 0 Å². The van der Waals surface area contributed by atoms with Crippen LogP contribution in [0, 0.1) is 0 Å². The molecule has 3 aromatic rings. The summed E-state index contributed by atoms with van der Waals surface area (Å²) in [7, 11) is 0. The maximum absolute atomic E-state index is 13.0. The van der Waals surface area contributed by atoms with E-state index in [2.05, 4.69) is 28.4 Å². The second kappa shape index (κ2) is 8.97. The molecule has 0 aliphatic carbocycles. The minimum atomic E-state index is -0.230. The highest BCUT2D eigenvalue weighted by atomic mass is 16.3. The predicted octanol–water partition coefficient (Wildman–Crippen LogP) is 5.18. The van der Waals surface area contributed by atoms with Crippen molar-refractivity contribution in [1.82, 2.24) is 4.90 Å². The molecule has 0 saturated heterocycles. The zero-order valence-corrected chi connectivity index (χ0v) is 17.1. The van der Waals surface area contributed by atoms with E-state index in [0.717, 1.165) is 41.9 Å². The number of hydrogen-bond donors (Lipinski definition) is 2. The molecule has 1 atom stereocenters. The Morgan fingerprint density at radius 1 is 0.933 bits per heavy atom. The summed E-state index contributed by atoms with van der Waals surface area (Å²) in [4.78, 5) is 15.2. The topological polar surface area (TPSA) is 52.6 Å². The van der Waals surface area contributed by atoms with Crippen molar-refractivity contribution in [3.63, 3.8) is 0 Å². The molecule has 0 aromatic heterocycles. The van der Waals surface area contributed by atoms with Gasteiger partial charge in [-0.2, -0.15) is 0 Å².